The molecule has 0 radical (unpaired) electrons. The van der Waals surface area contributed by atoms with Crippen LogP contribution in [0.5, 0.6) is 0 Å². The molecule has 11 rings (SSSR count). The van der Waals surface area contributed by atoms with Crippen LogP contribution < -0.4 is 4.90 Å². The van der Waals surface area contributed by atoms with Crippen LogP contribution in [-0.4, -0.2) is 6.21 Å². The minimum Gasteiger partial charge on any atom is -0.310 e. The Morgan fingerprint density at radius 1 is 0.533 bits per heavy atom. The van der Waals surface area contributed by atoms with Crippen molar-refractivity contribution < 1.29 is 0 Å². The Kier molecular flexibility index (Phi) is 8.85. The van der Waals surface area contributed by atoms with Crippen LogP contribution in [0, 0.1) is 5.92 Å². The second kappa shape index (κ2) is 14.8. The number of rotatable bonds is 7. The molecule has 60 heavy (non-hydrogen) atoms. The number of anilines is 3. The van der Waals surface area contributed by atoms with Gasteiger partial charge in [-0.25, -0.2) is 0 Å². The molecule has 0 saturated heterocycles. The molecule has 0 amide bonds. The van der Waals surface area contributed by atoms with Gasteiger partial charge in [0.25, 0.3) is 0 Å². The van der Waals surface area contributed by atoms with E-state index in [1.54, 1.807) is 0 Å². The molecule has 1 aliphatic heterocycles. The van der Waals surface area contributed by atoms with Crippen LogP contribution in [-0.2, 0) is 12.0 Å². The molecule has 286 valence electrons. The third-order valence-corrected chi connectivity index (χ3v) is 12.8. The van der Waals surface area contributed by atoms with Crippen molar-refractivity contribution in [3.05, 3.63) is 257 Å². The summed E-state index contributed by atoms with van der Waals surface area (Å²) in [4.78, 5) is 7.31. The first kappa shape index (κ1) is 35.8. The van der Waals surface area contributed by atoms with E-state index in [4.69, 9.17) is 4.99 Å². The smallest absolute Gasteiger partial charge is 0.0751 e. The Bertz CT molecular complexity index is 2940. The van der Waals surface area contributed by atoms with Crippen molar-refractivity contribution in [3.8, 4) is 22.3 Å². The maximum absolute atomic E-state index is 4.85. The van der Waals surface area contributed by atoms with Gasteiger partial charge in [-0.3, -0.25) is 4.99 Å². The predicted molar refractivity (Wildman–Crippen MR) is 251 cm³/mol. The highest BCUT2D eigenvalue weighted by atomic mass is 15.2. The predicted octanol–water partition coefficient (Wildman–Crippen LogP) is 14.6. The average molecular weight is 769 g/mol. The number of hydrogen-bond donors (Lipinski definition) is 0. The Morgan fingerprint density at radius 3 is 1.83 bits per heavy atom. The lowest BCUT2D eigenvalue weighted by molar-refractivity contribution is 0.721. The molecule has 0 bridgehead atoms. The second-order valence-electron chi connectivity index (χ2n) is 16.3. The Labute approximate surface area is 353 Å². The van der Waals surface area contributed by atoms with E-state index in [0.717, 1.165) is 12.0 Å². The van der Waals surface area contributed by atoms with Crippen molar-refractivity contribution in [2.45, 2.75) is 25.3 Å². The number of aliphatic imine (C=N–C) groups is 1. The van der Waals surface area contributed by atoms with Crippen molar-refractivity contribution in [1.29, 1.82) is 0 Å². The SMILES string of the molecule is CC1CC(c2cccc(-c3cccc(CN=Cc4ccc(-c5ccccc5)cc4)c3)c2)=CC2=C1c1ccccc1C21c2ccccc2N(c2ccccc2)c2ccccc21. The highest BCUT2D eigenvalue weighted by Gasteiger charge is 2.53. The molecule has 1 heterocycles. The summed E-state index contributed by atoms with van der Waals surface area (Å²) in [6, 6.07) is 75.4. The van der Waals surface area contributed by atoms with E-state index in [1.165, 1.54) is 89.4 Å². The van der Waals surface area contributed by atoms with Gasteiger partial charge in [0.2, 0.25) is 0 Å². The third kappa shape index (κ3) is 5.90. The molecular formula is C58H44N2. The second-order valence-corrected chi connectivity index (χ2v) is 16.3. The molecule has 2 nitrogen and oxygen atoms in total. The summed E-state index contributed by atoms with van der Waals surface area (Å²) in [5, 5.41) is 0. The molecule has 1 spiro atoms. The molecule has 8 aromatic carbocycles. The van der Waals surface area contributed by atoms with Gasteiger partial charge in [0.15, 0.2) is 0 Å². The minimum atomic E-state index is -0.458. The van der Waals surface area contributed by atoms with Crippen LogP contribution >= 0.6 is 0 Å². The zero-order chi connectivity index (χ0) is 40.0. The molecule has 0 N–H and O–H groups in total. The summed E-state index contributed by atoms with van der Waals surface area (Å²) >= 11 is 0. The fourth-order valence-corrected chi connectivity index (χ4v) is 10.2. The molecule has 2 heteroatoms. The van der Waals surface area contributed by atoms with Crippen molar-refractivity contribution in [2.24, 2.45) is 10.9 Å². The van der Waals surface area contributed by atoms with Gasteiger partial charge in [0.1, 0.15) is 0 Å². The van der Waals surface area contributed by atoms with Crippen LogP contribution in [0.25, 0.3) is 33.4 Å². The maximum atomic E-state index is 4.85. The molecule has 1 atom stereocenters. The van der Waals surface area contributed by atoms with Crippen LogP contribution in [0.2, 0.25) is 0 Å². The number of benzene rings is 8. The molecule has 8 aromatic rings. The minimum absolute atomic E-state index is 0.339. The lowest BCUT2D eigenvalue weighted by Gasteiger charge is -2.46. The average Bonchev–Trinajstić information content (AvgIpc) is 3.61. The fraction of sp³-hybridized carbons (Fsp3) is 0.0862. The standard InChI is InChI=1S/C58H44N2/c1-40-34-48(47-21-15-20-46(36-47)45-19-14-16-42(35-45)39-59-38-41-30-32-44(33-31-41)43-17-4-2-5-18-43)37-54-57(40)50-24-8-9-25-51(50)58(54)52-26-10-12-28-55(52)60(49-22-6-3-7-23-49)56-29-13-11-27-53(56)58/h2-33,35-38,40H,34,39H2,1H3. The maximum Gasteiger partial charge on any atom is 0.0751 e. The van der Waals surface area contributed by atoms with E-state index in [-0.39, 0.29) is 0 Å². The normalized spacial score (nSPS) is 16.0. The lowest BCUT2D eigenvalue weighted by Crippen LogP contribution is -2.37. The van der Waals surface area contributed by atoms with Crippen LogP contribution in [0.15, 0.2) is 223 Å². The largest absolute Gasteiger partial charge is 0.310 e. The molecule has 0 aromatic heterocycles. The zero-order valence-electron chi connectivity index (χ0n) is 33.7. The van der Waals surface area contributed by atoms with Gasteiger partial charge in [0.05, 0.1) is 23.3 Å². The summed E-state index contributed by atoms with van der Waals surface area (Å²) < 4.78 is 0. The number of fused-ring (bicyclic) bond motifs is 8. The van der Waals surface area contributed by atoms with E-state index in [9.17, 15) is 0 Å². The lowest BCUT2D eigenvalue weighted by atomic mass is 9.62. The molecule has 0 saturated carbocycles. The summed E-state index contributed by atoms with van der Waals surface area (Å²) in [7, 11) is 0. The van der Waals surface area contributed by atoms with Gasteiger partial charge in [-0.1, -0.05) is 183 Å². The topological polar surface area (TPSA) is 15.6 Å². The zero-order valence-corrected chi connectivity index (χ0v) is 33.7. The van der Waals surface area contributed by atoms with Gasteiger partial charge in [-0.15, -0.1) is 0 Å². The number of nitrogens with zero attached hydrogens (tertiary/aromatic N) is 2. The molecule has 0 fully saturated rings. The van der Waals surface area contributed by atoms with Crippen LogP contribution in [0.4, 0.5) is 17.1 Å². The summed E-state index contributed by atoms with van der Waals surface area (Å²) in [5.41, 5.74) is 21.3. The van der Waals surface area contributed by atoms with Crippen LogP contribution in [0.3, 0.4) is 0 Å². The van der Waals surface area contributed by atoms with Crippen molar-refractivity contribution in [1.82, 2.24) is 0 Å². The summed E-state index contributed by atoms with van der Waals surface area (Å²) in [6.45, 7) is 3.06. The summed E-state index contributed by atoms with van der Waals surface area (Å²) in [6.07, 6.45) is 5.53. The van der Waals surface area contributed by atoms with E-state index in [2.05, 4.69) is 224 Å². The monoisotopic (exact) mass is 768 g/mol. The van der Waals surface area contributed by atoms with Gasteiger partial charge in [-0.05, 0) is 127 Å². The van der Waals surface area contributed by atoms with E-state index >= 15 is 0 Å². The molecule has 2 aliphatic carbocycles. The van der Waals surface area contributed by atoms with Crippen molar-refractivity contribution in [2.75, 3.05) is 4.90 Å². The van der Waals surface area contributed by atoms with Crippen LogP contribution in [0.1, 0.15) is 52.3 Å². The van der Waals surface area contributed by atoms with Gasteiger partial charge >= 0.3 is 0 Å². The van der Waals surface area contributed by atoms with Gasteiger partial charge < -0.3 is 4.90 Å². The fourth-order valence-electron chi connectivity index (χ4n) is 10.2. The molecule has 1 unspecified atom stereocenters. The number of hydrogen-bond acceptors (Lipinski definition) is 2. The van der Waals surface area contributed by atoms with E-state index < -0.39 is 5.41 Å². The van der Waals surface area contributed by atoms with Gasteiger partial charge in [-0.2, -0.15) is 0 Å². The van der Waals surface area contributed by atoms with Gasteiger partial charge in [0, 0.05) is 11.9 Å². The third-order valence-electron chi connectivity index (χ3n) is 12.8. The highest BCUT2D eigenvalue weighted by molar-refractivity contribution is 5.99. The molecule has 3 aliphatic rings. The van der Waals surface area contributed by atoms with E-state index in [0.29, 0.717) is 12.5 Å². The first-order valence-corrected chi connectivity index (χ1v) is 21.1. The quantitative estimate of drug-likeness (QED) is 0.147. The number of para-hydroxylation sites is 3. The summed E-state index contributed by atoms with van der Waals surface area (Å²) in [5.74, 6) is 0.339. The number of allylic oxidation sites excluding steroid dienone is 4. The highest BCUT2D eigenvalue weighted by Crippen LogP contribution is 2.65. The van der Waals surface area contributed by atoms with E-state index in [1.807, 2.05) is 6.21 Å². The first-order chi connectivity index (χ1) is 29.7. The van der Waals surface area contributed by atoms with Crippen molar-refractivity contribution in [3.63, 3.8) is 0 Å². The Hall–Kier alpha value is -7.29. The first-order valence-electron chi connectivity index (χ1n) is 21.1. The molecular weight excluding hydrogens is 725 g/mol. The Morgan fingerprint density at radius 2 is 1.10 bits per heavy atom. The van der Waals surface area contributed by atoms with Crippen molar-refractivity contribution >= 4 is 34.4 Å². The Balaban J connectivity index is 0.957.